The van der Waals surface area contributed by atoms with Crippen LogP contribution in [0.1, 0.15) is 12.5 Å². The van der Waals surface area contributed by atoms with Gasteiger partial charge in [0.05, 0.1) is 6.61 Å². The van der Waals surface area contributed by atoms with Gasteiger partial charge in [0.2, 0.25) is 0 Å². The Hall–Kier alpha value is -0.970. The monoisotopic (exact) mass is 268 g/mol. The van der Waals surface area contributed by atoms with Gasteiger partial charge in [0.15, 0.2) is 0 Å². The molecule has 1 aromatic carbocycles. The van der Waals surface area contributed by atoms with Crippen LogP contribution >= 0.6 is 0 Å². The Morgan fingerprint density at radius 3 is 2.58 bits per heavy atom. The van der Waals surface area contributed by atoms with E-state index in [1.165, 1.54) is 12.1 Å². The van der Waals surface area contributed by atoms with Gasteiger partial charge in [-0.25, -0.2) is 4.39 Å². The second-order valence-corrected chi connectivity index (χ2v) is 4.98. The van der Waals surface area contributed by atoms with Gasteiger partial charge >= 0.3 is 0 Å². The number of benzene rings is 1. The molecule has 0 saturated carbocycles. The van der Waals surface area contributed by atoms with Crippen molar-refractivity contribution in [2.75, 3.05) is 40.4 Å². The Morgan fingerprint density at radius 1 is 1.26 bits per heavy atom. The van der Waals surface area contributed by atoms with Gasteiger partial charge < -0.3 is 15.0 Å². The number of likely N-dealkylation sites (N-methyl/N-ethyl adjacent to an activating group) is 1. The van der Waals surface area contributed by atoms with Crippen LogP contribution in [-0.4, -0.2) is 51.3 Å². The summed E-state index contributed by atoms with van der Waals surface area (Å²) in [5, 5.41) is 3.48. The molecule has 0 radical (unpaired) electrons. The zero-order chi connectivity index (χ0) is 14.1. The van der Waals surface area contributed by atoms with Crippen molar-refractivity contribution in [2.45, 2.75) is 19.4 Å². The van der Waals surface area contributed by atoms with Crippen LogP contribution in [0.15, 0.2) is 24.3 Å². The summed E-state index contributed by atoms with van der Waals surface area (Å²) in [4.78, 5) is 2.24. The molecule has 19 heavy (non-hydrogen) atoms. The predicted molar refractivity (Wildman–Crippen MR) is 76.9 cm³/mol. The summed E-state index contributed by atoms with van der Waals surface area (Å²) in [7, 11) is 3.81. The van der Waals surface area contributed by atoms with Gasteiger partial charge in [-0.3, -0.25) is 0 Å². The summed E-state index contributed by atoms with van der Waals surface area (Å²) in [5.41, 5.74) is 1.16. The van der Waals surface area contributed by atoms with E-state index in [2.05, 4.69) is 24.2 Å². The van der Waals surface area contributed by atoms with Crippen LogP contribution in [0, 0.1) is 5.82 Å². The van der Waals surface area contributed by atoms with E-state index in [0.29, 0.717) is 6.04 Å². The maximum absolute atomic E-state index is 12.8. The first-order valence-corrected chi connectivity index (χ1v) is 6.77. The quantitative estimate of drug-likeness (QED) is 0.740. The molecule has 1 atom stereocenters. The highest BCUT2D eigenvalue weighted by Gasteiger charge is 2.04. The molecule has 0 aliphatic carbocycles. The molecule has 1 aromatic rings. The Bertz CT molecular complexity index is 343. The van der Waals surface area contributed by atoms with Gasteiger partial charge in [0, 0.05) is 32.8 Å². The predicted octanol–water partition coefficient (Wildman–Crippen LogP) is 1.92. The first kappa shape index (κ1) is 16.1. The Labute approximate surface area is 115 Å². The van der Waals surface area contributed by atoms with Gasteiger partial charge in [0.25, 0.3) is 0 Å². The number of methoxy groups -OCH3 is 1. The highest BCUT2D eigenvalue weighted by Crippen LogP contribution is 2.05. The van der Waals surface area contributed by atoms with E-state index >= 15 is 0 Å². The van der Waals surface area contributed by atoms with Crippen LogP contribution in [0.3, 0.4) is 0 Å². The van der Waals surface area contributed by atoms with Crippen LogP contribution in [0.4, 0.5) is 4.39 Å². The van der Waals surface area contributed by atoms with Crippen molar-refractivity contribution in [3.8, 4) is 0 Å². The Morgan fingerprint density at radius 2 is 1.95 bits per heavy atom. The first-order chi connectivity index (χ1) is 9.11. The van der Waals surface area contributed by atoms with Crippen molar-refractivity contribution in [2.24, 2.45) is 0 Å². The van der Waals surface area contributed by atoms with Crippen molar-refractivity contribution in [3.05, 3.63) is 35.6 Å². The van der Waals surface area contributed by atoms with E-state index in [1.54, 1.807) is 7.11 Å². The van der Waals surface area contributed by atoms with Crippen molar-refractivity contribution in [3.63, 3.8) is 0 Å². The van der Waals surface area contributed by atoms with E-state index < -0.39 is 0 Å². The normalized spacial score (nSPS) is 12.9. The van der Waals surface area contributed by atoms with E-state index in [9.17, 15) is 4.39 Å². The van der Waals surface area contributed by atoms with E-state index in [1.807, 2.05) is 12.1 Å². The minimum atomic E-state index is -0.177. The average Bonchev–Trinajstić information content (AvgIpc) is 2.39. The largest absolute Gasteiger partial charge is 0.383 e. The SMILES string of the molecule is COCCN(C)CCNC(C)Cc1ccc(F)cc1. The topological polar surface area (TPSA) is 24.5 Å². The number of ether oxygens (including phenoxy) is 1. The molecule has 0 bridgehead atoms. The molecular weight excluding hydrogens is 243 g/mol. The van der Waals surface area contributed by atoms with Crippen molar-refractivity contribution < 1.29 is 9.13 Å². The lowest BCUT2D eigenvalue weighted by Crippen LogP contribution is -2.36. The molecular formula is C15H25FN2O. The molecule has 0 aromatic heterocycles. The van der Waals surface area contributed by atoms with Gasteiger partial charge in [-0.15, -0.1) is 0 Å². The molecule has 108 valence electrons. The fraction of sp³-hybridized carbons (Fsp3) is 0.600. The molecule has 1 N–H and O–H groups in total. The highest BCUT2D eigenvalue weighted by atomic mass is 19.1. The van der Waals surface area contributed by atoms with Crippen LogP contribution in [-0.2, 0) is 11.2 Å². The minimum Gasteiger partial charge on any atom is -0.383 e. The van der Waals surface area contributed by atoms with Crippen LogP contribution in [0.2, 0.25) is 0 Å². The van der Waals surface area contributed by atoms with Crippen molar-refractivity contribution in [1.29, 1.82) is 0 Å². The summed E-state index contributed by atoms with van der Waals surface area (Å²) in [6.45, 7) is 5.81. The summed E-state index contributed by atoms with van der Waals surface area (Å²) in [5.74, 6) is -0.177. The molecule has 0 amide bonds. The second-order valence-electron chi connectivity index (χ2n) is 4.98. The standard InChI is InChI=1S/C15H25FN2O/c1-13(12-14-4-6-15(16)7-5-14)17-8-9-18(2)10-11-19-3/h4-7,13,17H,8-12H2,1-3H3. The molecule has 0 saturated heterocycles. The van der Waals surface area contributed by atoms with E-state index in [4.69, 9.17) is 4.74 Å². The van der Waals surface area contributed by atoms with Gasteiger partial charge in [-0.1, -0.05) is 12.1 Å². The molecule has 3 nitrogen and oxygen atoms in total. The number of nitrogens with one attached hydrogen (secondary N) is 1. The minimum absolute atomic E-state index is 0.177. The molecule has 0 heterocycles. The number of rotatable bonds is 9. The van der Waals surface area contributed by atoms with Gasteiger partial charge in [0.1, 0.15) is 5.82 Å². The Kier molecular flexibility index (Phi) is 7.63. The smallest absolute Gasteiger partial charge is 0.123 e. The summed E-state index contributed by atoms with van der Waals surface area (Å²) >= 11 is 0. The van der Waals surface area contributed by atoms with Crippen molar-refractivity contribution >= 4 is 0 Å². The summed E-state index contributed by atoms with van der Waals surface area (Å²) in [6, 6.07) is 7.11. The second kappa shape index (κ2) is 9.02. The number of nitrogens with zero attached hydrogens (tertiary/aromatic N) is 1. The molecule has 0 spiro atoms. The van der Waals surface area contributed by atoms with Gasteiger partial charge in [-0.05, 0) is 38.1 Å². The summed E-state index contributed by atoms with van der Waals surface area (Å²) < 4.78 is 17.8. The van der Waals surface area contributed by atoms with Crippen LogP contribution in [0.5, 0.6) is 0 Å². The molecule has 0 fully saturated rings. The zero-order valence-electron chi connectivity index (χ0n) is 12.2. The molecule has 1 unspecified atom stereocenters. The first-order valence-electron chi connectivity index (χ1n) is 6.77. The van der Waals surface area contributed by atoms with Crippen LogP contribution < -0.4 is 5.32 Å². The fourth-order valence-corrected chi connectivity index (χ4v) is 1.91. The molecule has 0 aliphatic heterocycles. The summed E-state index contributed by atoms with van der Waals surface area (Å²) in [6.07, 6.45) is 0.919. The number of hydrogen-bond acceptors (Lipinski definition) is 3. The third-order valence-corrected chi connectivity index (χ3v) is 3.12. The average molecular weight is 268 g/mol. The van der Waals surface area contributed by atoms with Crippen LogP contribution in [0.25, 0.3) is 0 Å². The molecule has 1 rings (SSSR count). The third-order valence-electron chi connectivity index (χ3n) is 3.12. The number of hydrogen-bond donors (Lipinski definition) is 1. The zero-order valence-corrected chi connectivity index (χ0v) is 12.2. The third kappa shape index (κ3) is 7.25. The molecule has 0 aliphatic rings. The lowest BCUT2D eigenvalue weighted by atomic mass is 10.1. The fourth-order valence-electron chi connectivity index (χ4n) is 1.91. The maximum Gasteiger partial charge on any atom is 0.123 e. The van der Waals surface area contributed by atoms with E-state index in [-0.39, 0.29) is 5.82 Å². The van der Waals surface area contributed by atoms with E-state index in [0.717, 1.165) is 38.2 Å². The lowest BCUT2D eigenvalue weighted by Gasteiger charge is -2.19. The van der Waals surface area contributed by atoms with Crippen molar-refractivity contribution in [1.82, 2.24) is 10.2 Å². The Balaban J connectivity index is 2.17. The number of halogens is 1. The molecule has 4 heteroatoms. The maximum atomic E-state index is 12.8. The highest BCUT2D eigenvalue weighted by molar-refractivity contribution is 5.16. The lowest BCUT2D eigenvalue weighted by molar-refractivity contribution is 0.161. The van der Waals surface area contributed by atoms with Gasteiger partial charge in [-0.2, -0.15) is 0 Å².